The van der Waals surface area contributed by atoms with E-state index in [9.17, 15) is 14.7 Å². The fraction of sp³-hybridized carbons (Fsp3) is 0.286. The van der Waals surface area contributed by atoms with Crippen LogP contribution in [0.2, 0.25) is 0 Å². The highest BCUT2D eigenvalue weighted by atomic mass is 16.5. The van der Waals surface area contributed by atoms with E-state index in [1.165, 1.54) is 4.90 Å². The Morgan fingerprint density at radius 2 is 1.80 bits per heavy atom. The van der Waals surface area contributed by atoms with Crippen LogP contribution in [0, 0.1) is 13.8 Å². The van der Waals surface area contributed by atoms with Gasteiger partial charge in [-0.05, 0) is 69.9 Å². The zero-order valence-corrected chi connectivity index (χ0v) is 20.4. The van der Waals surface area contributed by atoms with Gasteiger partial charge in [-0.1, -0.05) is 29.8 Å². The number of likely N-dealkylation sites (N-methyl/N-ethyl adjacent to an activating group) is 1. The average molecular weight is 475 g/mol. The molecule has 1 N–H and O–H groups in total. The van der Waals surface area contributed by atoms with E-state index in [2.05, 4.69) is 6.07 Å². The number of furan rings is 1. The standard InChI is InChI=1S/C28H30N2O5/c1-18-6-5-7-20(16-18)17-34-22-11-9-21(10-12-22)26(31)24-25(23-13-8-19(2)35-23)30(15-14-29(3)4)28(33)27(24)32/h5-13,16,25,31H,14-15,17H2,1-4H3/t25-/m1/s1. The van der Waals surface area contributed by atoms with Crippen LogP contribution in [0.5, 0.6) is 5.75 Å². The summed E-state index contributed by atoms with van der Waals surface area (Å²) in [7, 11) is 3.79. The molecule has 1 atom stereocenters. The Morgan fingerprint density at radius 3 is 2.43 bits per heavy atom. The molecule has 0 radical (unpaired) electrons. The van der Waals surface area contributed by atoms with Gasteiger partial charge in [0, 0.05) is 18.7 Å². The highest BCUT2D eigenvalue weighted by molar-refractivity contribution is 6.46. The first-order valence-electron chi connectivity index (χ1n) is 11.5. The number of nitrogens with zero attached hydrogens (tertiary/aromatic N) is 2. The third-order valence-electron chi connectivity index (χ3n) is 5.97. The topological polar surface area (TPSA) is 83.2 Å². The number of amides is 1. The number of carbonyl (C=O) groups is 2. The van der Waals surface area contributed by atoms with Gasteiger partial charge in [0.2, 0.25) is 0 Å². The molecule has 1 aliphatic rings. The molecule has 2 aromatic carbocycles. The molecule has 2 heterocycles. The van der Waals surface area contributed by atoms with Crippen molar-refractivity contribution >= 4 is 17.4 Å². The van der Waals surface area contributed by atoms with Crippen LogP contribution in [0.3, 0.4) is 0 Å². The van der Waals surface area contributed by atoms with E-state index in [-0.39, 0.29) is 11.3 Å². The SMILES string of the molecule is Cc1cccc(COc2ccc(C(O)=C3C(=O)C(=O)N(CCN(C)C)[C@@H]3c3ccc(C)o3)cc2)c1. The number of hydrogen-bond donors (Lipinski definition) is 1. The Morgan fingerprint density at radius 1 is 1.06 bits per heavy atom. The summed E-state index contributed by atoms with van der Waals surface area (Å²) in [6.07, 6.45) is 0. The number of hydrogen-bond acceptors (Lipinski definition) is 6. The number of aliphatic hydroxyl groups is 1. The number of aryl methyl sites for hydroxylation is 2. The van der Waals surface area contributed by atoms with E-state index in [0.29, 0.717) is 42.5 Å². The van der Waals surface area contributed by atoms with Crippen LogP contribution in [0.1, 0.15) is 34.3 Å². The quantitative estimate of drug-likeness (QED) is 0.295. The summed E-state index contributed by atoms with van der Waals surface area (Å²) in [4.78, 5) is 29.3. The van der Waals surface area contributed by atoms with Gasteiger partial charge in [0.15, 0.2) is 0 Å². The monoisotopic (exact) mass is 474 g/mol. The number of aliphatic hydroxyl groups excluding tert-OH is 1. The smallest absolute Gasteiger partial charge is 0.295 e. The third-order valence-corrected chi connectivity index (χ3v) is 5.97. The summed E-state index contributed by atoms with van der Waals surface area (Å²) in [5.74, 6) is 0.131. The highest BCUT2D eigenvalue weighted by Crippen LogP contribution is 2.40. The molecule has 0 bridgehead atoms. The Labute approximate surface area is 205 Å². The summed E-state index contributed by atoms with van der Waals surface area (Å²) < 4.78 is 11.7. The van der Waals surface area contributed by atoms with Crippen molar-refractivity contribution < 1.29 is 23.8 Å². The number of ether oxygens (including phenoxy) is 1. The summed E-state index contributed by atoms with van der Waals surface area (Å²) >= 11 is 0. The lowest BCUT2D eigenvalue weighted by Gasteiger charge is -2.24. The number of benzene rings is 2. The van der Waals surface area contributed by atoms with E-state index >= 15 is 0 Å². The second-order valence-electron chi connectivity index (χ2n) is 9.05. The molecule has 1 aromatic heterocycles. The van der Waals surface area contributed by atoms with Gasteiger partial charge in [-0.3, -0.25) is 9.59 Å². The molecular weight excluding hydrogens is 444 g/mol. The summed E-state index contributed by atoms with van der Waals surface area (Å²) in [5.41, 5.74) is 2.67. The van der Waals surface area contributed by atoms with Crippen molar-refractivity contribution in [1.29, 1.82) is 0 Å². The Bertz CT molecular complexity index is 1260. The van der Waals surface area contributed by atoms with Crippen LogP contribution in [0.25, 0.3) is 5.76 Å². The fourth-order valence-electron chi connectivity index (χ4n) is 4.15. The molecule has 0 unspecified atom stereocenters. The molecule has 0 saturated carbocycles. The van der Waals surface area contributed by atoms with E-state index in [1.54, 1.807) is 43.3 Å². The van der Waals surface area contributed by atoms with Crippen LogP contribution in [-0.2, 0) is 16.2 Å². The molecule has 1 amide bonds. The molecule has 0 aliphatic carbocycles. The van der Waals surface area contributed by atoms with Crippen molar-refractivity contribution in [2.45, 2.75) is 26.5 Å². The zero-order chi connectivity index (χ0) is 25.1. The first-order valence-corrected chi connectivity index (χ1v) is 11.5. The minimum absolute atomic E-state index is 0.0246. The maximum absolute atomic E-state index is 13.0. The molecule has 7 heteroatoms. The van der Waals surface area contributed by atoms with Gasteiger partial charge >= 0.3 is 0 Å². The lowest BCUT2D eigenvalue weighted by Crippen LogP contribution is -2.35. The van der Waals surface area contributed by atoms with Crippen molar-refractivity contribution in [3.63, 3.8) is 0 Å². The third kappa shape index (κ3) is 5.30. The molecular formula is C28H30N2O5. The second-order valence-corrected chi connectivity index (χ2v) is 9.05. The van der Waals surface area contributed by atoms with E-state index < -0.39 is 17.7 Å². The predicted octanol–water partition coefficient (Wildman–Crippen LogP) is 4.46. The zero-order valence-electron chi connectivity index (χ0n) is 20.4. The van der Waals surface area contributed by atoms with Crippen LogP contribution in [-0.4, -0.2) is 53.8 Å². The van der Waals surface area contributed by atoms with Crippen molar-refractivity contribution in [2.75, 3.05) is 27.2 Å². The Hall–Kier alpha value is -3.84. The molecule has 0 spiro atoms. The number of Topliss-reactive ketones (excluding diaryl/α,β-unsaturated/α-hetero) is 1. The van der Waals surface area contributed by atoms with Gasteiger partial charge in [-0.25, -0.2) is 0 Å². The number of carbonyl (C=O) groups excluding carboxylic acids is 2. The van der Waals surface area contributed by atoms with Gasteiger partial charge in [-0.2, -0.15) is 0 Å². The normalized spacial score (nSPS) is 17.4. The molecule has 3 aromatic rings. The molecule has 35 heavy (non-hydrogen) atoms. The molecule has 4 rings (SSSR count). The molecule has 1 aliphatic heterocycles. The van der Waals surface area contributed by atoms with Gasteiger partial charge in [0.1, 0.15) is 35.7 Å². The molecule has 1 saturated heterocycles. The minimum atomic E-state index is -0.791. The largest absolute Gasteiger partial charge is 0.507 e. The van der Waals surface area contributed by atoms with Crippen LogP contribution < -0.4 is 4.74 Å². The lowest BCUT2D eigenvalue weighted by molar-refractivity contribution is -0.140. The molecule has 7 nitrogen and oxygen atoms in total. The van der Waals surface area contributed by atoms with Crippen molar-refractivity contribution in [2.24, 2.45) is 0 Å². The van der Waals surface area contributed by atoms with Crippen LogP contribution in [0.4, 0.5) is 0 Å². The molecule has 182 valence electrons. The average Bonchev–Trinajstić information content (AvgIpc) is 3.37. The van der Waals surface area contributed by atoms with Gasteiger partial charge in [0.05, 0.1) is 5.57 Å². The van der Waals surface area contributed by atoms with E-state index in [4.69, 9.17) is 9.15 Å². The van der Waals surface area contributed by atoms with Crippen molar-refractivity contribution in [1.82, 2.24) is 9.80 Å². The highest BCUT2D eigenvalue weighted by Gasteiger charge is 2.47. The fourth-order valence-corrected chi connectivity index (χ4v) is 4.15. The summed E-state index contributed by atoms with van der Waals surface area (Å²) in [6.45, 7) is 5.14. The number of rotatable bonds is 8. The first-order chi connectivity index (χ1) is 16.7. The lowest BCUT2D eigenvalue weighted by atomic mass is 9.99. The number of ketones is 1. The Balaban J connectivity index is 1.62. The predicted molar refractivity (Wildman–Crippen MR) is 133 cm³/mol. The van der Waals surface area contributed by atoms with Crippen molar-refractivity contribution in [3.05, 3.63) is 94.4 Å². The Kier molecular flexibility index (Phi) is 7.07. The molecule has 1 fully saturated rings. The van der Waals surface area contributed by atoms with Gasteiger partial charge < -0.3 is 24.1 Å². The van der Waals surface area contributed by atoms with Crippen LogP contribution >= 0.6 is 0 Å². The van der Waals surface area contributed by atoms with Crippen molar-refractivity contribution in [3.8, 4) is 5.75 Å². The maximum atomic E-state index is 13.0. The summed E-state index contributed by atoms with van der Waals surface area (Å²) in [6, 6.07) is 17.6. The van der Waals surface area contributed by atoms with Crippen LogP contribution in [0.15, 0.2) is 70.7 Å². The maximum Gasteiger partial charge on any atom is 0.295 e. The first kappa shape index (κ1) is 24.3. The summed E-state index contributed by atoms with van der Waals surface area (Å²) in [5, 5.41) is 11.2. The minimum Gasteiger partial charge on any atom is -0.507 e. The number of likely N-dealkylation sites (tertiary alicyclic amines) is 1. The van der Waals surface area contributed by atoms with E-state index in [1.807, 2.05) is 44.1 Å². The van der Waals surface area contributed by atoms with E-state index in [0.717, 1.165) is 11.1 Å². The van der Waals surface area contributed by atoms with Gasteiger partial charge in [-0.15, -0.1) is 0 Å². The second kappa shape index (κ2) is 10.2. The van der Waals surface area contributed by atoms with Gasteiger partial charge in [0.25, 0.3) is 11.7 Å².